The molecule has 4 nitrogen and oxygen atoms in total. The summed E-state index contributed by atoms with van der Waals surface area (Å²) in [6.07, 6.45) is 1.82. The first-order valence-electron chi connectivity index (χ1n) is 5.54. The Morgan fingerprint density at radius 3 is 2.67 bits per heavy atom. The minimum Gasteiger partial charge on any atom is -0.383 e. The van der Waals surface area contributed by atoms with Crippen LogP contribution in [-0.2, 0) is 9.53 Å². The monoisotopic (exact) mass is 214 g/mol. The number of hydrogen-bond donors (Lipinski definition) is 2. The van der Waals surface area contributed by atoms with E-state index >= 15 is 0 Å². The average Bonchev–Trinajstić information content (AvgIpc) is 2.12. The van der Waals surface area contributed by atoms with E-state index < -0.39 is 0 Å². The van der Waals surface area contributed by atoms with E-state index in [4.69, 9.17) is 10.5 Å². The van der Waals surface area contributed by atoms with Gasteiger partial charge in [0.05, 0.1) is 12.0 Å². The van der Waals surface area contributed by atoms with E-state index in [0.717, 1.165) is 12.8 Å². The lowest BCUT2D eigenvalue weighted by atomic mass is 9.62. The first-order chi connectivity index (χ1) is 7.04. The highest BCUT2D eigenvalue weighted by Gasteiger charge is 2.47. The quantitative estimate of drug-likeness (QED) is 0.701. The minimum atomic E-state index is -0.304. The second-order valence-corrected chi connectivity index (χ2v) is 4.83. The van der Waals surface area contributed by atoms with E-state index in [1.807, 2.05) is 6.92 Å². The van der Waals surface area contributed by atoms with Crippen molar-refractivity contribution in [2.45, 2.75) is 32.7 Å². The van der Waals surface area contributed by atoms with Gasteiger partial charge in [0, 0.05) is 19.7 Å². The van der Waals surface area contributed by atoms with Gasteiger partial charge in [-0.1, -0.05) is 6.92 Å². The van der Waals surface area contributed by atoms with Gasteiger partial charge < -0.3 is 15.8 Å². The number of carbonyl (C=O) groups excluding carboxylic acids is 1. The maximum Gasteiger partial charge on any atom is 0.227 e. The van der Waals surface area contributed by atoms with Crippen LogP contribution < -0.4 is 11.1 Å². The van der Waals surface area contributed by atoms with Crippen molar-refractivity contribution in [2.75, 3.05) is 20.3 Å². The molecular formula is C11H22N2O2. The Hall–Kier alpha value is -0.610. The standard InChI is InChI=1S/C11H22N2O2/c1-8-4-11(5-8,7-12)10(14)13-9(2)6-15-3/h8-9H,4-7,12H2,1-3H3,(H,13,14). The highest BCUT2D eigenvalue weighted by Crippen LogP contribution is 2.44. The molecule has 1 unspecified atom stereocenters. The van der Waals surface area contributed by atoms with Gasteiger partial charge in [-0.15, -0.1) is 0 Å². The zero-order chi connectivity index (χ0) is 11.5. The molecule has 1 atom stereocenters. The van der Waals surface area contributed by atoms with E-state index in [-0.39, 0.29) is 17.4 Å². The van der Waals surface area contributed by atoms with Crippen molar-refractivity contribution in [1.82, 2.24) is 5.32 Å². The Morgan fingerprint density at radius 1 is 1.67 bits per heavy atom. The highest BCUT2D eigenvalue weighted by atomic mass is 16.5. The van der Waals surface area contributed by atoms with Gasteiger partial charge in [-0.3, -0.25) is 4.79 Å². The van der Waals surface area contributed by atoms with E-state index in [1.54, 1.807) is 7.11 Å². The van der Waals surface area contributed by atoms with Crippen molar-refractivity contribution in [1.29, 1.82) is 0 Å². The smallest absolute Gasteiger partial charge is 0.227 e. The molecule has 0 aromatic heterocycles. The van der Waals surface area contributed by atoms with Crippen molar-refractivity contribution < 1.29 is 9.53 Å². The third kappa shape index (κ3) is 2.69. The summed E-state index contributed by atoms with van der Waals surface area (Å²) in [4.78, 5) is 12.0. The van der Waals surface area contributed by atoms with Crippen LogP contribution in [0, 0.1) is 11.3 Å². The summed E-state index contributed by atoms with van der Waals surface area (Å²) in [5.74, 6) is 0.713. The van der Waals surface area contributed by atoms with Crippen LogP contribution in [0.4, 0.5) is 0 Å². The number of ether oxygens (including phenoxy) is 1. The fraction of sp³-hybridized carbons (Fsp3) is 0.909. The summed E-state index contributed by atoms with van der Waals surface area (Å²) in [6, 6.07) is 0.0573. The summed E-state index contributed by atoms with van der Waals surface area (Å²) >= 11 is 0. The molecule has 15 heavy (non-hydrogen) atoms. The molecule has 1 amide bonds. The van der Waals surface area contributed by atoms with Crippen molar-refractivity contribution in [2.24, 2.45) is 17.1 Å². The lowest BCUT2D eigenvalue weighted by Gasteiger charge is -2.44. The van der Waals surface area contributed by atoms with E-state index in [0.29, 0.717) is 19.1 Å². The van der Waals surface area contributed by atoms with E-state index in [1.165, 1.54) is 0 Å². The second-order valence-electron chi connectivity index (χ2n) is 4.83. The van der Waals surface area contributed by atoms with Gasteiger partial charge >= 0.3 is 0 Å². The summed E-state index contributed by atoms with van der Waals surface area (Å²) < 4.78 is 4.98. The molecule has 1 aliphatic rings. The second kappa shape index (κ2) is 4.94. The van der Waals surface area contributed by atoms with Crippen LogP contribution in [0.5, 0.6) is 0 Å². The van der Waals surface area contributed by atoms with E-state index in [9.17, 15) is 4.79 Å². The minimum absolute atomic E-state index is 0.0573. The molecule has 0 aromatic carbocycles. The van der Waals surface area contributed by atoms with Crippen molar-refractivity contribution in [3.63, 3.8) is 0 Å². The van der Waals surface area contributed by atoms with Crippen molar-refractivity contribution >= 4 is 5.91 Å². The summed E-state index contributed by atoms with van der Waals surface area (Å²) in [6.45, 7) is 5.08. The van der Waals surface area contributed by atoms with Gasteiger partial charge in [0.25, 0.3) is 0 Å². The third-order valence-electron chi connectivity index (χ3n) is 3.14. The molecule has 1 rings (SSSR count). The molecule has 1 fully saturated rings. The predicted octanol–water partition coefficient (Wildman–Crippen LogP) is 0.513. The fourth-order valence-electron chi connectivity index (χ4n) is 2.39. The maximum absolute atomic E-state index is 12.0. The van der Waals surface area contributed by atoms with Crippen LogP contribution in [0.25, 0.3) is 0 Å². The Kier molecular flexibility index (Phi) is 4.11. The number of methoxy groups -OCH3 is 1. The van der Waals surface area contributed by atoms with Crippen LogP contribution in [0.1, 0.15) is 26.7 Å². The van der Waals surface area contributed by atoms with E-state index in [2.05, 4.69) is 12.2 Å². The number of rotatable bonds is 5. The first kappa shape index (κ1) is 12.5. The molecular weight excluding hydrogens is 192 g/mol. The lowest BCUT2D eigenvalue weighted by molar-refractivity contribution is -0.139. The van der Waals surface area contributed by atoms with Gasteiger partial charge in [0.1, 0.15) is 0 Å². The number of nitrogens with two attached hydrogens (primary N) is 1. The van der Waals surface area contributed by atoms with Crippen LogP contribution in [0.15, 0.2) is 0 Å². The zero-order valence-electron chi connectivity index (χ0n) is 9.88. The van der Waals surface area contributed by atoms with Crippen LogP contribution in [0.3, 0.4) is 0 Å². The number of carbonyl (C=O) groups is 1. The van der Waals surface area contributed by atoms with Crippen LogP contribution in [0.2, 0.25) is 0 Å². The Labute approximate surface area is 91.5 Å². The molecule has 0 bridgehead atoms. The molecule has 0 aromatic rings. The zero-order valence-corrected chi connectivity index (χ0v) is 9.88. The molecule has 1 aliphatic carbocycles. The van der Waals surface area contributed by atoms with Crippen LogP contribution >= 0.6 is 0 Å². The number of nitrogens with one attached hydrogen (secondary N) is 1. The Balaban J connectivity index is 2.45. The van der Waals surface area contributed by atoms with Gasteiger partial charge in [-0.25, -0.2) is 0 Å². The van der Waals surface area contributed by atoms with Gasteiger partial charge in [0.2, 0.25) is 5.91 Å². The summed E-state index contributed by atoms with van der Waals surface area (Å²) in [5.41, 5.74) is 5.39. The molecule has 1 saturated carbocycles. The Bertz CT molecular complexity index is 225. The largest absolute Gasteiger partial charge is 0.383 e. The van der Waals surface area contributed by atoms with Gasteiger partial charge in [0.15, 0.2) is 0 Å². The predicted molar refractivity (Wildman–Crippen MR) is 59.4 cm³/mol. The summed E-state index contributed by atoms with van der Waals surface area (Å²) in [5, 5.41) is 2.95. The molecule has 4 heteroatoms. The molecule has 0 saturated heterocycles. The maximum atomic E-state index is 12.0. The molecule has 88 valence electrons. The summed E-state index contributed by atoms with van der Waals surface area (Å²) in [7, 11) is 1.63. The molecule has 0 radical (unpaired) electrons. The van der Waals surface area contributed by atoms with Gasteiger partial charge in [-0.05, 0) is 25.7 Å². The number of hydrogen-bond acceptors (Lipinski definition) is 3. The van der Waals surface area contributed by atoms with Crippen LogP contribution in [-0.4, -0.2) is 32.2 Å². The van der Waals surface area contributed by atoms with Crippen molar-refractivity contribution in [3.05, 3.63) is 0 Å². The SMILES string of the molecule is COCC(C)NC(=O)C1(CN)CC(C)C1. The topological polar surface area (TPSA) is 64.3 Å². The number of amides is 1. The molecule has 0 spiro atoms. The fourth-order valence-corrected chi connectivity index (χ4v) is 2.39. The molecule has 3 N–H and O–H groups in total. The first-order valence-corrected chi connectivity index (χ1v) is 5.54. The Morgan fingerprint density at radius 2 is 2.27 bits per heavy atom. The average molecular weight is 214 g/mol. The normalized spacial score (nSPS) is 31.9. The third-order valence-corrected chi connectivity index (χ3v) is 3.14. The molecule has 0 aliphatic heterocycles. The lowest BCUT2D eigenvalue weighted by Crippen LogP contribution is -2.55. The highest BCUT2D eigenvalue weighted by molar-refractivity contribution is 5.84. The molecule has 0 heterocycles. The van der Waals surface area contributed by atoms with Gasteiger partial charge in [-0.2, -0.15) is 0 Å². The van der Waals surface area contributed by atoms with Crippen molar-refractivity contribution in [3.8, 4) is 0 Å².